The summed E-state index contributed by atoms with van der Waals surface area (Å²) in [4.78, 5) is 7.31. The first-order chi connectivity index (χ1) is 7.20. The zero-order valence-corrected chi connectivity index (χ0v) is 7.42. The predicted octanol–water partition coefficient (Wildman–Crippen LogP) is 2.56. The van der Waals surface area contributed by atoms with Crippen molar-refractivity contribution in [2.24, 2.45) is 0 Å². The van der Waals surface area contributed by atoms with Crippen molar-refractivity contribution in [3.63, 3.8) is 0 Å². The van der Waals surface area contributed by atoms with Crippen LogP contribution >= 0.6 is 0 Å². The maximum absolute atomic E-state index is 13.3. The zero-order valence-electron chi connectivity index (χ0n) is 7.42. The molecule has 0 radical (unpaired) electrons. The van der Waals surface area contributed by atoms with Crippen LogP contribution in [0.2, 0.25) is 0 Å². The first-order valence-corrected chi connectivity index (χ1v) is 4.11. The molecule has 0 spiro atoms. The van der Waals surface area contributed by atoms with Crippen LogP contribution in [-0.4, -0.2) is 9.97 Å². The van der Waals surface area contributed by atoms with E-state index in [2.05, 4.69) is 9.97 Å². The Labute approximate surface area is 83.4 Å². The quantitative estimate of drug-likeness (QED) is 0.676. The van der Waals surface area contributed by atoms with Crippen LogP contribution in [0.15, 0.2) is 30.6 Å². The summed E-state index contributed by atoms with van der Waals surface area (Å²) in [5.74, 6) is -3.47. The van der Waals surface area contributed by atoms with Gasteiger partial charge in [-0.3, -0.25) is 0 Å². The SMILES string of the molecule is Fc1ccc(F)c(-c2ncccn2)c1F. The minimum atomic E-state index is -1.28. The highest BCUT2D eigenvalue weighted by Gasteiger charge is 2.17. The van der Waals surface area contributed by atoms with Crippen molar-refractivity contribution in [1.82, 2.24) is 9.97 Å². The molecule has 0 fully saturated rings. The normalized spacial score (nSPS) is 10.3. The van der Waals surface area contributed by atoms with Gasteiger partial charge in [-0.1, -0.05) is 0 Å². The number of benzene rings is 1. The molecule has 0 aliphatic rings. The van der Waals surface area contributed by atoms with Crippen molar-refractivity contribution in [1.29, 1.82) is 0 Å². The lowest BCUT2D eigenvalue weighted by Crippen LogP contribution is -1.97. The number of nitrogens with zero attached hydrogens (tertiary/aromatic N) is 2. The van der Waals surface area contributed by atoms with Gasteiger partial charge in [0.2, 0.25) is 0 Å². The second-order valence-electron chi connectivity index (χ2n) is 2.79. The van der Waals surface area contributed by atoms with Crippen molar-refractivity contribution < 1.29 is 13.2 Å². The van der Waals surface area contributed by atoms with Crippen LogP contribution in [0.5, 0.6) is 0 Å². The first-order valence-electron chi connectivity index (χ1n) is 4.11. The third-order valence-electron chi connectivity index (χ3n) is 1.83. The molecule has 0 atom stereocenters. The van der Waals surface area contributed by atoms with E-state index in [0.717, 1.165) is 12.1 Å². The Morgan fingerprint density at radius 3 is 2.13 bits per heavy atom. The molecule has 0 aliphatic carbocycles. The molecule has 2 rings (SSSR count). The molecule has 1 heterocycles. The zero-order chi connectivity index (χ0) is 10.8. The highest BCUT2D eigenvalue weighted by molar-refractivity contribution is 5.56. The van der Waals surface area contributed by atoms with Crippen molar-refractivity contribution in [2.45, 2.75) is 0 Å². The van der Waals surface area contributed by atoms with Gasteiger partial charge in [-0.15, -0.1) is 0 Å². The highest BCUT2D eigenvalue weighted by atomic mass is 19.2. The molecule has 0 amide bonds. The fourth-order valence-electron chi connectivity index (χ4n) is 1.16. The fraction of sp³-hybridized carbons (Fsp3) is 0. The molecule has 1 aromatic carbocycles. The molecule has 15 heavy (non-hydrogen) atoms. The molecule has 0 bridgehead atoms. The van der Waals surface area contributed by atoms with Gasteiger partial charge in [-0.2, -0.15) is 0 Å². The molecule has 0 unspecified atom stereocenters. The number of hydrogen-bond acceptors (Lipinski definition) is 2. The van der Waals surface area contributed by atoms with E-state index in [4.69, 9.17) is 0 Å². The van der Waals surface area contributed by atoms with Crippen LogP contribution in [-0.2, 0) is 0 Å². The molecule has 0 N–H and O–H groups in total. The van der Waals surface area contributed by atoms with Crippen LogP contribution in [0.25, 0.3) is 11.4 Å². The van der Waals surface area contributed by atoms with Crippen LogP contribution in [0.3, 0.4) is 0 Å². The number of hydrogen-bond donors (Lipinski definition) is 0. The number of aromatic nitrogens is 2. The standard InChI is InChI=1S/C10H5F3N2/c11-6-2-3-7(12)9(13)8(6)10-14-4-1-5-15-10/h1-5H. The number of rotatable bonds is 1. The van der Waals surface area contributed by atoms with Gasteiger partial charge in [0.15, 0.2) is 17.5 Å². The van der Waals surface area contributed by atoms with E-state index < -0.39 is 23.0 Å². The maximum Gasteiger partial charge on any atom is 0.172 e. The molecular weight excluding hydrogens is 205 g/mol. The Balaban J connectivity index is 2.68. The Morgan fingerprint density at radius 2 is 1.47 bits per heavy atom. The van der Waals surface area contributed by atoms with Gasteiger partial charge in [0.25, 0.3) is 0 Å². The van der Waals surface area contributed by atoms with E-state index in [1.807, 2.05) is 0 Å². The Bertz CT molecular complexity index is 486. The van der Waals surface area contributed by atoms with Gasteiger partial charge in [-0.25, -0.2) is 23.1 Å². The topological polar surface area (TPSA) is 25.8 Å². The summed E-state index contributed by atoms with van der Waals surface area (Å²) in [6, 6.07) is 3.06. The number of halogens is 3. The molecular formula is C10H5F3N2. The summed E-state index contributed by atoms with van der Waals surface area (Å²) in [6.07, 6.45) is 2.65. The van der Waals surface area contributed by atoms with Crippen LogP contribution < -0.4 is 0 Å². The monoisotopic (exact) mass is 210 g/mol. The van der Waals surface area contributed by atoms with Crippen molar-refractivity contribution >= 4 is 0 Å². The molecule has 0 saturated heterocycles. The highest BCUT2D eigenvalue weighted by Crippen LogP contribution is 2.23. The summed E-state index contributed by atoms with van der Waals surface area (Å²) < 4.78 is 39.3. The van der Waals surface area contributed by atoms with Gasteiger partial charge in [0.1, 0.15) is 5.82 Å². The van der Waals surface area contributed by atoms with E-state index in [-0.39, 0.29) is 5.82 Å². The van der Waals surface area contributed by atoms with Gasteiger partial charge >= 0.3 is 0 Å². The molecule has 2 aromatic rings. The average molecular weight is 210 g/mol. The van der Waals surface area contributed by atoms with Crippen LogP contribution in [0, 0.1) is 17.5 Å². The van der Waals surface area contributed by atoms with Crippen molar-refractivity contribution in [3.8, 4) is 11.4 Å². The lowest BCUT2D eigenvalue weighted by atomic mass is 10.2. The fourth-order valence-corrected chi connectivity index (χ4v) is 1.16. The molecule has 0 saturated carbocycles. The molecule has 5 heteroatoms. The smallest absolute Gasteiger partial charge is 0.172 e. The lowest BCUT2D eigenvalue weighted by molar-refractivity contribution is 0.498. The summed E-state index contributed by atoms with van der Waals surface area (Å²) in [5.41, 5.74) is -0.546. The van der Waals surface area contributed by atoms with Crippen molar-refractivity contribution in [2.75, 3.05) is 0 Å². The summed E-state index contributed by atoms with van der Waals surface area (Å²) in [5, 5.41) is 0. The molecule has 0 aliphatic heterocycles. The summed E-state index contributed by atoms with van der Waals surface area (Å²) in [7, 11) is 0. The van der Waals surface area contributed by atoms with E-state index >= 15 is 0 Å². The third kappa shape index (κ3) is 1.68. The molecule has 1 aromatic heterocycles. The van der Waals surface area contributed by atoms with Crippen molar-refractivity contribution in [3.05, 3.63) is 48.0 Å². The lowest BCUT2D eigenvalue weighted by Gasteiger charge is -2.03. The minimum absolute atomic E-state index is 0.174. The second-order valence-corrected chi connectivity index (χ2v) is 2.79. The summed E-state index contributed by atoms with van der Waals surface area (Å²) >= 11 is 0. The van der Waals surface area contributed by atoms with Gasteiger partial charge in [0.05, 0.1) is 5.56 Å². The largest absolute Gasteiger partial charge is 0.236 e. The van der Waals surface area contributed by atoms with Gasteiger partial charge in [0, 0.05) is 12.4 Å². The maximum atomic E-state index is 13.3. The van der Waals surface area contributed by atoms with Gasteiger partial charge < -0.3 is 0 Å². The Hall–Kier alpha value is -1.91. The molecule has 76 valence electrons. The van der Waals surface area contributed by atoms with E-state index in [1.165, 1.54) is 18.5 Å². The Kier molecular flexibility index (Phi) is 2.37. The second kappa shape index (κ2) is 3.68. The predicted molar refractivity (Wildman–Crippen MR) is 47.3 cm³/mol. The average Bonchev–Trinajstić information content (AvgIpc) is 2.26. The van der Waals surface area contributed by atoms with Gasteiger partial charge in [-0.05, 0) is 18.2 Å². The minimum Gasteiger partial charge on any atom is -0.236 e. The van der Waals surface area contributed by atoms with Crippen LogP contribution in [0.4, 0.5) is 13.2 Å². The Morgan fingerprint density at radius 1 is 0.867 bits per heavy atom. The third-order valence-corrected chi connectivity index (χ3v) is 1.83. The molecule has 2 nitrogen and oxygen atoms in total. The van der Waals surface area contributed by atoms with E-state index in [0.29, 0.717) is 0 Å². The van der Waals surface area contributed by atoms with E-state index in [1.54, 1.807) is 0 Å². The first kappa shape index (κ1) is 9.64. The summed E-state index contributed by atoms with van der Waals surface area (Å²) in [6.45, 7) is 0. The van der Waals surface area contributed by atoms with Crippen LogP contribution in [0.1, 0.15) is 0 Å². The van der Waals surface area contributed by atoms with E-state index in [9.17, 15) is 13.2 Å².